The van der Waals surface area contributed by atoms with E-state index in [2.05, 4.69) is 21.4 Å². The van der Waals surface area contributed by atoms with Crippen molar-refractivity contribution < 1.29 is 19.1 Å². The molecule has 1 aliphatic rings. The van der Waals surface area contributed by atoms with Crippen LogP contribution in [-0.4, -0.2) is 34.9 Å². The number of nitrogens with one attached hydrogen (secondary N) is 1. The Labute approximate surface area is 192 Å². The molecule has 0 bridgehead atoms. The van der Waals surface area contributed by atoms with Crippen LogP contribution in [0, 0.1) is 6.92 Å². The zero-order chi connectivity index (χ0) is 21.8. The maximum absolute atomic E-state index is 12.8. The number of hydrazine groups is 1. The normalized spacial score (nSPS) is 14.9. The van der Waals surface area contributed by atoms with Crippen LogP contribution in [-0.2, 0) is 4.79 Å². The van der Waals surface area contributed by atoms with Gasteiger partial charge < -0.3 is 9.47 Å². The molecule has 2 amide bonds. The molecule has 0 unspecified atom stereocenters. The highest BCUT2D eigenvalue weighted by molar-refractivity contribution is 9.10. The van der Waals surface area contributed by atoms with Crippen molar-refractivity contribution in [3.05, 3.63) is 62.5 Å². The molecule has 2 aromatic carbocycles. The molecule has 1 saturated heterocycles. The van der Waals surface area contributed by atoms with Gasteiger partial charge in [0.05, 0.1) is 23.1 Å². The van der Waals surface area contributed by atoms with E-state index >= 15 is 0 Å². The van der Waals surface area contributed by atoms with Crippen LogP contribution < -0.4 is 14.9 Å². The first-order valence-electron chi connectivity index (χ1n) is 9.00. The van der Waals surface area contributed by atoms with Crippen LogP contribution >= 0.6 is 39.9 Å². The first-order valence-corrected chi connectivity index (χ1v) is 11.0. The van der Waals surface area contributed by atoms with Gasteiger partial charge in [0.25, 0.3) is 11.8 Å². The number of thiocarbonyl (C=S) groups is 1. The van der Waals surface area contributed by atoms with E-state index in [1.807, 2.05) is 32.0 Å². The van der Waals surface area contributed by atoms with E-state index < -0.39 is 11.8 Å². The van der Waals surface area contributed by atoms with Gasteiger partial charge in [-0.05, 0) is 77.9 Å². The van der Waals surface area contributed by atoms with E-state index in [0.717, 1.165) is 27.9 Å². The molecule has 156 valence electrons. The lowest BCUT2D eigenvalue weighted by Gasteiger charge is -2.15. The summed E-state index contributed by atoms with van der Waals surface area (Å²) in [6.45, 7) is 4.28. The molecule has 0 aliphatic carbocycles. The van der Waals surface area contributed by atoms with Gasteiger partial charge in [-0.25, -0.2) is 0 Å². The average Bonchev–Trinajstić information content (AvgIpc) is 2.96. The molecule has 0 aromatic heterocycles. The molecular formula is C21H19BrN2O4S2. The number of thioether (sulfide) groups is 1. The standard InChI is InChI=1S/C21H19BrN2O4S2/c1-4-28-16-10-13(9-15(22)18(16)27-3)11-17-20(26)24(21(29)30-17)23-19(25)14-7-5-12(2)6-8-14/h5-11H,4H2,1-3H3,(H,23,25)/b17-11-. The number of hydrogen-bond donors (Lipinski definition) is 1. The molecule has 0 atom stereocenters. The van der Waals surface area contributed by atoms with E-state index in [0.29, 0.717) is 33.0 Å². The van der Waals surface area contributed by atoms with Gasteiger partial charge in [-0.3, -0.25) is 15.0 Å². The smallest absolute Gasteiger partial charge is 0.285 e. The predicted octanol–water partition coefficient (Wildman–Crippen LogP) is 4.71. The number of rotatable bonds is 6. The van der Waals surface area contributed by atoms with Crippen LogP contribution in [0.15, 0.2) is 45.8 Å². The highest BCUT2D eigenvalue weighted by Crippen LogP contribution is 2.38. The third kappa shape index (κ3) is 4.85. The first-order chi connectivity index (χ1) is 14.3. The van der Waals surface area contributed by atoms with Crippen LogP contribution in [0.1, 0.15) is 28.4 Å². The van der Waals surface area contributed by atoms with E-state index in [-0.39, 0.29) is 4.32 Å². The Morgan fingerprint density at radius 1 is 1.30 bits per heavy atom. The van der Waals surface area contributed by atoms with Crippen molar-refractivity contribution in [1.29, 1.82) is 0 Å². The van der Waals surface area contributed by atoms with Crippen LogP contribution in [0.3, 0.4) is 0 Å². The molecule has 30 heavy (non-hydrogen) atoms. The molecular weight excluding hydrogens is 488 g/mol. The fraction of sp³-hybridized carbons (Fsp3) is 0.190. The zero-order valence-corrected chi connectivity index (χ0v) is 19.7. The monoisotopic (exact) mass is 506 g/mol. The second-order valence-electron chi connectivity index (χ2n) is 6.29. The molecule has 1 N–H and O–H groups in total. The van der Waals surface area contributed by atoms with Gasteiger partial charge in [-0.15, -0.1) is 0 Å². The Balaban J connectivity index is 1.82. The van der Waals surface area contributed by atoms with Gasteiger partial charge in [-0.1, -0.05) is 29.5 Å². The SMILES string of the molecule is CCOc1cc(/C=C2\SC(=S)N(NC(=O)c3ccc(C)cc3)C2=O)cc(Br)c1OC. The molecule has 6 nitrogen and oxygen atoms in total. The molecule has 0 spiro atoms. The number of methoxy groups -OCH3 is 1. The van der Waals surface area contributed by atoms with Crippen LogP contribution in [0.4, 0.5) is 0 Å². The molecule has 1 fully saturated rings. The highest BCUT2D eigenvalue weighted by Gasteiger charge is 2.34. The molecule has 2 aromatic rings. The Hall–Kier alpha value is -2.36. The minimum absolute atomic E-state index is 0.254. The largest absolute Gasteiger partial charge is 0.492 e. The van der Waals surface area contributed by atoms with Crippen molar-refractivity contribution >= 4 is 62.1 Å². The third-order valence-corrected chi connectivity index (χ3v) is 6.05. The van der Waals surface area contributed by atoms with E-state index in [9.17, 15) is 9.59 Å². The molecule has 1 heterocycles. The lowest BCUT2D eigenvalue weighted by molar-refractivity contribution is -0.123. The molecule has 1 aliphatic heterocycles. The van der Waals surface area contributed by atoms with Crippen LogP contribution in [0.25, 0.3) is 6.08 Å². The number of aryl methyl sites for hydroxylation is 1. The van der Waals surface area contributed by atoms with Gasteiger partial charge in [0.1, 0.15) is 0 Å². The summed E-state index contributed by atoms with van der Waals surface area (Å²) in [5, 5.41) is 1.09. The van der Waals surface area contributed by atoms with Crippen molar-refractivity contribution in [3.63, 3.8) is 0 Å². The maximum Gasteiger partial charge on any atom is 0.285 e. The lowest BCUT2D eigenvalue weighted by atomic mass is 10.1. The van der Waals surface area contributed by atoms with Crippen molar-refractivity contribution in [2.24, 2.45) is 0 Å². The van der Waals surface area contributed by atoms with E-state index in [4.69, 9.17) is 21.7 Å². The Morgan fingerprint density at radius 3 is 2.63 bits per heavy atom. The summed E-state index contributed by atoms with van der Waals surface area (Å²) in [6, 6.07) is 10.7. The number of amides is 2. The second-order valence-corrected chi connectivity index (χ2v) is 8.82. The topological polar surface area (TPSA) is 67.9 Å². The summed E-state index contributed by atoms with van der Waals surface area (Å²) in [7, 11) is 1.56. The minimum atomic E-state index is -0.404. The average molecular weight is 507 g/mol. The fourth-order valence-corrected chi connectivity index (χ4v) is 4.52. The number of nitrogens with zero attached hydrogens (tertiary/aromatic N) is 1. The maximum atomic E-state index is 12.8. The fourth-order valence-electron chi connectivity index (χ4n) is 2.72. The number of halogens is 1. The van der Waals surface area contributed by atoms with Gasteiger partial charge in [0.15, 0.2) is 15.8 Å². The number of carbonyl (C=O) groups excluding carboxylic acids is 2. The summed E-state index contributed by atoms with van der Waals surface area (Å²) < 4.78 is 11.9. The van der Waals surface area contributed by atoms with E-state index in [1.54, 1.807) is 31.4 Å². The summed E-state index contributed by atoms with van der Waals surface area (Å²) >= 11 is 9.87. The van der Waals surface area contributed by atoms with Crippen molar-refractivity contribution in [2.45, 2.75) is 13.8 Å². The second kappa shape index (κ2) is 9.63. The first kappa shape index (κ1) is 22.3. The van der Waals surface area contributed by atoms with Crippen molar-refractivity contribution in [1.82, 2.24) is 10.4 Å². The van der Waals surface area contributed by atoms with Gasteiger partial charge in [-0.2, -0.15) is 5.01 Å². The Kier molecular flexibility index (Phi) is 7.17. The minimum Gasteiger partial charge on any atom is -0.492 e. The highest BCUT2D eigenvalue weighted by atomic mass is 79.9. The quantitative estimate of drug-likeness (QED) is 0.451. The van der Waals surface area contributed by atoms with Gasteiger partial charge >= 0.3 is 0 Å². The lowest BCUT2D eigenvalue weighted by Crippen LogP contribution is -2.44. The number of hydrogen-bond acceptors (Lipinski definition) is 6. The summed E-state index contributed by atoms with van der Waals surface area (Å²) in [5.41, 5.74) is 4.79. The van der Waals surface area contributed by atoms with Crippen LogP contribution in [0.2, 0.25) is 0 Å². The van der Waals surface area contributed by atoms with Crippen molar-refractivity contribution in [2.75, 3.05) is 13.7 Å². The van der Waals surface area contributed by atoms with Gasteiger partial charge in [0, 0.05) is 5.56 Å². The number of ether oxygens (including phenoxy) is 2. The summed E-state index contributed by atoms with van der Waals surface area (Å²) in [5.74, 6) is 0.337. The predicted molar refractivity (Wildman–Crippen MR) is 126 cm³/mol. The van der Waals surface area contributed by atoms with Gasteiger partial charge in [0.2, 0.25) is 0 Å². The number of carbonyl (C=O) groups is 2. The summed E-state index contributed by atoms with van der Waals surface area (Å²) in [4.78, 5) is 25.7. The molecule has 0 radical (unpaired) electrons. The summed E-state index contributed by atoms with van der Waals surface area (Å²) in [6.07, 6.45) is 1.70. The third-order valence-electron chi connectivity index (χ3n) is 4.15. The molecule has 3 rings (SSSR count). The van der Waals surface area contributed by atoms with Crippen LogP contribution in [0.5, 0.6) is 11.5 Å². The molecule has 0 saturated carbocycles. The molecule has 9 heteroatoms. The Bertz CT molecular complexity index is 1040. The zero-order valence-electron chi connectivity index (χ0n) is 16.5. The Morgan fingerprint density at radius 2 is 2.00 bits per heavy atom. The van der Waals surface area contributed by atoms with Crippen molar-refractivity contribution in [3.8, 4) is 11.5 Å². The van der Waals surface area contributed by atoms with E-state index in [1.165, 1.54) is 0 Å². The number of benzene rings is 2.